The Morgan fingerprint density at radius 1 is 0.806 bits per heavy atom. The summed E-state index contributed by atoms with van der Waals surface area (Å²) in [6, 6.07) is 16.8. The van der Waals surface area contributed by atoms with Crippen molar-refractivity contribution < 1.29 is 4.74 Å². The molecule has 0 atom stereocenters. The van der Waals surface area contributed by atoms with Crippen molar-refractivity contribution in [1.29, 1.82) is 0 Å². The molecule has 0 unspecified atom stereocenters. The number of aromatic nitrogens is 3. The lowest BCUT2D eigenvalue weighted by Gasteiger charge is -2.32. The molecule has 3 fully saturated rings. The van der Waals surface area contributed by atoms with Gasteiger partial charge >= 0.3 is 0 Å². The van der Waals surface area contributed by atoms with Crippen LogP contribution >= 0.6 is 0 Å². The van der Waals surface area contributed by atoms with Crippen LogP contribution in [-0.4, -0.2) is 58.2 Å². The Morgan fingerprint density at radius 3 is 2.47 bits per heavy atom. The summed E-state index contributed by atoms with van der Waals surface area (Å²) in [5.74, 6) is 2.41. The van der Waals surface area contributed by atoms with Gasteiger partial charge in [0.2, 0.25) is 5.88 Å². The largest absolute Gasteiger partial charge is 0.476 e. The van der Waals surface area contributed by atoms with Crippen molar-refractivity contribution in [2.24, 2.45) is 0 Å². The number of nitrogens with zero attached hydrogens (tertiary/aromatic N) is 5. The summed E-state index contributed by atoms with van der Waals surface area (Å²) in [6.07, 6.45) is 10.6. The predicted octanol–water partition coefficient (Wildman–Crippen LogP) is 5.84. The van der Waals surface area contributed by atoms with Crippen molar-refractivity contribution in [1.82, 2.24) is 19.9 Å². The number of hydrogen-bond acceptors (Lipinski definition) is 6. The summed E-state index contributed by atoms with van der Waals surface area (Å²) in [7, 11) is 0. The fourth-order valence-electron chi connectivity index (χ4n) is 6.63. The Bertz CT molecular complexity index is 1400. The maximum absolute atomic E-state index is 6.51. The monoisotopic (exact) mass is 479 g/mol. The Balaban J connectivity index is 1.30. The summed E-state index contributed by atoms with van der Waals surface area (Å²) >= 11 is 0. The average molecular weight is 480 g/mol. The van der Waals surface area contributed by atoms with Gasteiger partial charge in [-0.1, -0.05) is 42.5 Å². The first-order valence-corrected chi connectivity index (χ1v) is 13.6. The van der Waals surface area contributed by atoms with E-state index in [-0.39, 0.29) is 5.54 Å². The van der Waals surface area contributed by atoms with Crippen molar-refractivity contribution in [2.45, 2.75) is 50.5 Å². The number of anilines is 1. The topological polar surface area (TPSA) is 54.4 Å². The molecule has 0 saturated carbocycles. The minimum absolute atomic E-state index is 0.196. The lowest BCUT2D eigenvalue weighted by molar-refractivity contribution is 0.111. The number of hydrogen-bond donors (Lipinski definition) is 0. The molecule has 0 spiro atoms. The molecule has 3 saturated heterocycles. The van der Waals surface area contributed by atoms with Crippen LogP contribution in [0.4, 0.5) is 5.82 Å². The van der Waals surface area contributed by atoms with Gasteiger partial charge in [-0.3, -0.25) is 4.90 Å². The fourth-order valence-corrected chi connectivity index (χ4v) is 6.63. The smallest absolute Gasteiger partial charge is 0.217 e. The van der Waals surface area contributed by atoms with Gasteiger partial charge < -0.3 is 9.64 Å². The van der Waals surface area contributed by atoms with Crippen LogP contribution in [-0.2, 0) is 0 Å². The Morgan fingerprint density at radius 2 is 1.61 bits per heavy atom. The summed E-state index contributed by atoms with van der Waals surface area (Å²) in [4.78, 5) is 20.0. The molecule has 0 aliphatic carbocycles. The second-order valence-electron chi connectivity index (χ2n) is 10.7. The highest BCUT2D eigenvalue weighted by Gasteiger charge is 2.44. The number of fused-ring (bicyclic) bond motifs is 3. The second kappa shape index (κ2) is 9.00. The van der Waals surface area contributed by atoms with Crippen molar-refractivity contribution in [3.8, 4) is 17.3 Å². The van der Waals surface area contributed by atoms with Crippen molar-refractivity contribution in [2.75, 3.05) is 37.7 Å². The first-order chi connectivity index (χ1) is 17.8. The predicted molar refractivity (Wildman–Crippen MR) is 145 cm³/mol. The highest BCUT2D eigenvalue weighted by molar-refractivity contribution is 5.97. The molecular formula is C30H33N5O. The summed E-state index contributed by atoms with van der Waals surface area (Å²) < 4.78 is 6.51. The molecule has 36 heavy (non-hydrogen) atoms. The third-order valence-electron chi connectivity index (χ3n) is 8.52. The summed E-state index contributed by atoms with van der Waals surface area (Å²) in [6.45, 7) is 5.17. The quantitative estimate of drug-likeness (QED) is 0.358. The van der Waals surface area contributed by atoms with E-state index in [1.165, 1.54) is 68.8 Å². The standard InChI is InChI=1S/C30H33N5O/c1-4-15-34(16-5-1)29-25-20-31-28(24-12-6-10-22-9-2-3-11-23(22)24)32-26(25)19-27(33-29)36-21-30-13-7-17-35(30)18-8-14-30/h2-3,6,9-12,19-20H,1,4-5,7-8,13-18,21H2. The minimum Gasteiger partial charge on any atom is -0.476 e. The van der Waals surface area contributed by atoms with E-state index in [1.54, 1.807) is 0 Å². The lowest BCUT2D eigenvalue weighted by Crippen LogP contribution is -2.43. The first kappa shape index (κ1) is 22.0. The van der Waals surface area contributed by atoms with Crippen LogP contribution in [0.25, 0.3) is 33.1 Å². The van der Waals surface area contributed by atoms with E-state index in [0.29, 0.717) is 12.5 Å². The average Bonchev–Trinajstić information content (AvgIpc) is 3.52. The van der Waals surface area contributed by atoms with Gasteiger partial charge in [-0.05, 0) is 68.8 Å². The number of benzene rings is 2. The van der Waals surface area contributed by atoms with Crippen LogP contribution in [0, 0.1) is 0 Å². The number of piperidine rings is 1. The summed E-state index contributed by atoms with van der Waals surface area (Å²) in [5, 5.41) is 3.38. The van der Waals surface area contributed by atoms with Crippen LogP contribution in [0.15, 0.2) is 54.7 Å². The molecule has 2 aromatic carbocycles. The zero-order valence-corrected chi connectivity index (χ0v) is 20.8. The van der Waals surface area contributed by atoms with Crippen LogP contribution in [0.5, 0.6) is 5.88 Å². The van der Waals surface area contributed by atoms with E-state index in [2.05, 4.69) is 52.3 Å². The zero-order chi connectivity index (χ0) is 24.0. The molecule has 0 N–H and O–H groups in total. The molecule has 0 bridgehead atoms. The molecule has 3 aliphatic rings. The number of rotatable bonds is 5. The van der Waals surface area contributed by atoms with Crippen molar-refractivity contribution >= 4 is 27.5 Å². The Kier molecular flexibility index (Phi) is 5.50. The van der Waals surface area contributed by atoms with Gasteiger partial charge in [0, 0.05) is 30.9 Å². The van der Waals surface area contributed by atoms with E-state index in [4.69, 9.17) is 19.7 Å². The van der Waals surface area contributed by atoms with Crippen LogP contribution < -0.4 is 9.64 Å². The summed E-state index contributed by atoms with van der Waals surface area (Å²) in [5.41, 5.74) is 2.16. The van der Waals surface area contributed by atoms with E-state index >= 15 is 0 Å². The second-order valence-corrected chi connectivity index (χ2v) is 10.7. The van der Waals surface area contributed by atoms with Gasteiger partial charge in [0.1, 0.15) is 12.4 Å². The van der Waals surface area contributed by atoms with Crippen LogP contribution in [0.2, 0.25) is 0 Å². The molecule has 0 amide bonds. The zero-order valence-electron chi connectivity index (χ0n) is 20.8. The highest BCUT2D eigenvalue weighted by atomic mass is 16.5. The molecule has 184 valence electrons. The van der Waals surface area contributed by atoms with Gasteiger partial charge in [-0.2, -0.15) is 4.98 Å². The molecule has 6 nitrogen and oxygen atoms in total. The fraction of sp³-hybridized carbons (Fsp3) is 0.433. The number of pyridine rings is 1. The molecule has 3 aliphatic heterocycles. The normalized spacial score (nSPS) is 19.7. The molecule has 0 radical (unpaired) electrons. The van der Waals surface area contributed by atoms with Crippen LogP contribution in [0.1, 0.15) is 44.9 Å². The molecule has 6 heteroatoms. The lowest BCUT2D eigenvalue weighted by atomic mass is 9.95. The Hall–Kier alpha value is -3.25. The third-order valence-corrected chi connectivity index (χ3v) is 8.52. The van der Waals surface area contributed by atoms with E-state index < -0.39 is 0 Å². The number of ether oxygens (including phenoxy) is 1. The van der Waals surface area contributed by atoms with Gasteiger partial charge in [0.05, 0.1) is 16.4 Å². The van der Waals surface area contributed by atoms with E-state index in [0.717, 1.165) is 41.2 Å². The van der Waals surface area contributed by atoms with Gasteiger partial charge in [-0.25, -0.2) is 9.97 Å². The van der Waals surface area contributed by atoms with Crippen LogP contribution in [0.3, 0.4) is 0 Å². The highest BCUT2D eigenvalue weighted by Crippen LogP contribution is 2.39. The molecule has 7 rings (SSSR count). The van der Waals surface area contributed by atoms with Crippen molar-refractivity contribution in [3.05, 3.63) is 54.7 Å². The molecular weight excluding hydrogens is 446 g/mol. The SMILES string of the molecule is c1ccc2c(-c3ncc4c(N5CCCCC5)nc(OCC56CCCN5CCC6)cc4n3)cccc2c1. The molecule has 5 heterocycles. The maximum atomic E-state index is 6.51. The maximum Gasteiger partial charge on any atom is 0.217 e. The van der Waals surface area contributed by atoms with Gasteiger partial charge in [0.15, 0.2) is 5.82 Å². The molecule has 4 aromatic rings. The van der Waals surface area contributed by atoms with Crippen molar-refractivity contribution in [3.63, 3.8) is 0 Å². The first-order valence-electron chi connectivity index (χ1n) is 13.6. The van der Waals surface area contributed by atoms with E-state index in [9.17, 15) is 0 Å². The van der Waals surface area contributed by atoms with Gasteiger partial charge in [-0.15, -0.1) is 0 Å². The van der Waals surface area contributed by atoms with Gasteiger partial charge in [0.25, 0.3) is 0 Å². The van der Waals surface area contributed by atoms with E-state index in [1.807, 2.05) is 12.3 Å². The Labute approximate surface area is 212 Å². The minimum atomic E-state index is 0.196. The third kappa shape index (κ3) is 3.79. The molecule has 2 aromatic heterocycles.